The number of ether oxygens (including phenoxy) is 5. The van der Waals surface area contributed by atoms with E-state index in [-0.39, 0.29) is 5.56 Å². The van der Waals surface area contributed by atoms with Gasteiger partial charge in [-0.05, 0) is 42.7 Å². The number of carbonyl (C=O) groups excluding carboxylic acids is 2. The Bertz CT molecular complexity index is 958. The van der Waals surface area contributed by atoms with Crippen LogP contribution in [0.1, 0.15) is 41.0 Å². The van der Waals surface area contributed by atoms with Crippen LogP contribution in [-0.4, -0.2) is 45.9 Å². The molecule has 2 aromatic rings. The van der Waals surface area contributed by atoms with E-state index >= 15 is 0 Å². The first-order valence-electron chi connectivity index (χ1n) is 10.3. The molecule has 0 radical (unpaired) electrons. The molecule has 2 aromatic carbocycles. The molecular weight excluding hydrogens is 416 g/mol. The fourth-order valence-electron chi connectivity index (χ4n) is 2.99. The molecule has 172 valence electrons. The van der Waals surface area contributed by atoms with Gasteiger partial charge in [0, 0.05) is 11.1 Å². The van der Waals surface area contributed by atoms with Gasteiger partial charge in [0.25, 0.3) is 11.8 Å². The summed E-state index contributed by atoms with van der Waals surface area (Å²) in [6.45, 7) is 5.55. The first kappa shape index (κ1) is 23.1. The number of benzene rings is 2. The number of fused-ring (bicyclic) bond motifs is 1. The molecule has 0 atom stereocenters. The zero-order chi connectivity index (χ0) is 23.1. The summed E-state index contributed by atoms with van der Waals surface area (Å²) in [5.74, 6) is 1.69. The minimum atomic E-state index is -0.533. The molecule has 0 spiro atoms. The van der Waals surface area contributed by atoms with Crippen molar-refractivity contribution in [1.29, 1.82) is 0 Å². The van der Waals surface area contributed by atoms with E-state index in [2.05, 4.69) is 24.7 Å². The number of methoxy groups -OCH3 is 2. The highest BCUT2D eigenvalue weighted by Gasteiger charge is 2.21. The van der Waals surface area contributed by atoms with Crippen molar-refractivity contribution in [3.8, 4) is 28.7 Å². The first-order chi connectivity index (χ1) is 15.4. The molecule has 0 aromatic heterocycles. The van der Waals surface area contributed by atoms with Crippen molar-refractivity contribution in [2.45, 2.75) is 20.3 Å². The van der Waals surface area contributed by atoms with Gasteiger partial charge in [-0.2, -0.15) is 0 Å². The van der Waals surface area contributed by atoms with Crippen molar-refractivity contribution in [1.82, 2.24) is 10.9 Å². The van der Waals surface area contributed by atoms with Crippen LogP contribution in [0.3, 0.4) is 0 Å². The molecule has 0 saturated heterocycles. The van der Waals surface area contributed by atoms with Crippen LogP contribution in [0.2, 0.25) is 0 Å². The maximum absolute atomic E-state index is 12.6. The number of hydrogen-bond acceptors (Lipinski definition) is 7. The summed E-state index contributed by atoms with van der Waals surface area (Å²) < 4.78 is 27.4. The van der Waals surface area contributed by atoms with Crippen LogP contribution in [0.5, 0.6) is 28.7 Å². The summed E-state index contributed by atoms with van der Waals surface area (Å²) >= 11 is 0. The van der Waals surface area contributed by atoms with Gasteiger partial charge in [0.1, 0.15) is 13.2 Å². The second-order valence-electron chi connectivity index (χ2n) is 7.51. The lowest BCUT2D eigenvalue weighted by atomic mass is 10.1. The van der Waals surface area contributed by atoms with Crippen LogP contribution in [0.4, 0.5) is 0 Å². The van der Waals surface area contributed by atoms with Gasteiger partial charge in [-0.15, -0.1) is 0 Å². The van der Waals surface area contributed by atoms with Crippen LogP contribution < -0.4 is 34.5 Å². The zero-order valence-corrected chi connectivity index (χ0v) is 18.7. The Kier molecular flexibility index (Phi) is 7.64. The standard InChI is InChI=1S/C23H28N2O7/c1-14(2)7-8-30-17-6-5-15(11-18(17)28-3)22(26)24-25-23(27)16-12-19(29-4)21-20(13-16)31-9-10-32-21/h5-6,11-14H,7-10H2,1-4H3,(H,24,26)(H,25,27). The molecule has 2 N–H and O–H groups in total. The molecule has 1 aliphatic heterocycles. The minimum Gasteiger partial charge on any atom is -0.493 e. The number of hydrogen-bond donors (Lipinski definition) is 2. The lowest BCUT2D eigenvalue weighted by Gasteiger charge is -2.21. The summed E-state index contributed by atoms with van der Waals surface area (Å²) in [7, 11) is 2.98. The highest BCUT2D eigenvalue weighted by molar-refractivity contribution is 6.00. The quantitative estimate of drug-likeness (QED) is 0.603. The van der Waals surface area contributed by atoms with Crippen LogP contribution in [0.25, 0.3) is 0 Å². The Morgan fingerprint density at radius 1 is 0.906 bits per heavy atom. The highest BCUT2D eigenvalue weighted by atomic mass is 16.6. The van der Waals surface area contributed by atoms with Gasteiger partial charge in [0.15, 0.2) is 23.0 Å². The van der Waals surface area contributed by atoms with E-state index in [1.165, 1.54) is 26.4 Å². The van der Waals surface area contributed by atoms with Crippen molar-refractivity contribution in [2.75, 3.05) is 34.0 Å². The Morgan fingerprint density at radius 2 is 1.56 bits per heavy atom. The van der Waals surface area contributed by atoms with Crippen molar-refractivity contribution >= 4 is 11.8 Å². The molecule has 3 rings (SSSR count). The highest BCUT2D eigenvalue weighted by Crippen LogP contribution is 2.40. The Balaban J connectivity index is 1.64. The number of amides is 2. The summed E-state index contributed by atoms with van der Waals surface area (Å²) in [5, 5.41) is 0. The molecule has 0 unspecified atom stereocenters. The average molecular weight is 444 g/mol. The van der Waals surface area contributed by atoms with E-state index in [0.717, 1.165) is 6.42 Å². The monoisotopic (exact) mass is 444 g/mol. The van der Waals surface area contributed by atoms with E-state index < -0.39 is 11.8 Å². The predicted molar refractivity (Wildman–Crippen MR) is 117 cm³/mol. The summed E-state index contributed by atoms with van der Waals surface area (Å²) in [4.78, 5) is 25.1. The fourth-order valence-corrected chi connectivity index (χ4v) is 2.99. The largest absolute Gasteiger partial charge is 0.493 e. The lowest BCUT2D eigenvalue weighted by molar-refractivity contribution is 0.0845. The van der Waals surface area contributed by atoms with Gasteiger partial charge in [0.2, 0.25) is 5.75 Å². The van der Waals surface area contributed by atoms with Gasteiger partial charge >= 0.3 is 0 Å². The first-order valence-corrected chi connectivity index (χ1v) is 10.3. The molecule has 2 amide bonds. The Morgan fingerprint density at radius 3 is 2.25 bits per heavy atom. The Labute approximate surface area is 186 Å². The number of rotatable bonds is 8. The zero-order valence-electron chi connectivity index (χ0n) is 18.7. The van der Waals surface area contributed by atoms with Crippen LogP contribution in [-0.2, 0) is 0 Å². The van der Waals surface area contributed by atoms with Crippen molar-refractivity contribution in [3.63, 3.8) is 0 Å². The number of nitrogens with one attached hydrogen (secondary N) is 2. The van der Waals surface area contributed by atoms with Crippen molar-refractivity contribution < 1.29 is 33.3 Å². The second-order valence-corrected chi connectivity index (χ2v) is 7.51. The maximum Gasteiger partial charge on any atom is 0.269 e. The second kappa shape index (κ2) is 10.6. The van der Waals surface area contributed by atoms with E-state index in [9.17, 15) is 9.59 Å². The fraction of sp³-hybridized carbons (Fsp3) is 0.391. The van der Waals surface area contributed by atoms with E-state index in [1.807, 2.05) is 0 Å². The predicted octanol–water partition coefficient (Wildman–Crippen LogP) is 2.97. The smallest absolute Gasteiger partial charge is 0.269 e. The van der Waals surface area contributed by atoms with Crippen molar-refractivity contribution in [2.24, 2.45) is 5.92 Å². The SMILES string of the molecule is COc1cc(C(=O)NNC(=O)c2cc(OC)c3c(c2)OCCO3)ccc1OCCC(C)C. The molecule has 0 saturated carbocycles. The average Bonchev–Trinajstić information content (AvgIpc) is 2.81. The third-order valence-corrected chi connectivity index (χ3v) is 4.76. The third kappa shape index (κ3) is 5.54. The normalized spacial score (nSPS) is 12.2. The lowest BCUT2D eigenvalue weighted by Crippen LogP contribution is -2.41. The summed E-state index contributed by atoms with van der Waals surface area (Å²) in [5.41, 5.74) is 5.34. The minimum absolute atomic E-state index is 0.248. The van der Waals surface area contributed by atoms with Gasteiger partial charge in [-0.25, -0.2) is 0 Å². The molecule has 32 heavy (non-hydrogen) atoms. The molecule has 0 bridgehead atoms. The summed E-state index contributed by atoms with van der Waals surface area (Å²) in [6, 6.07) is 7.87. The number of hydrazine groups is 1. The van der Waals surface area contributed by atoms with Crippen LogP contribution in [0.15, 0.2) is 30.3 Å². The molecule has 9 heteroatoms. The van der Waals surface area contributed by atoms with E-state index in [1.54, 1.807) is 18.2 Å². The molecular formula is C23H28N2O7. The number of carbonyl (C=O) groups is 2. The van der Waals surface area contributed by atoms with Gasteiger partial charge in [-0.3, -0.25) is 20.4 Å². The summed E-state index contributed by atoms with van der Waals surface area (Å²) in [6.07, 6.45) is 0.905. The Hall–Kier alpha value is -3.62. The topological polar surface area (TPSA) is 104 Å². The van der Waals surface area contributed by atoms with E-state index in [4.69, 9.17) is 23.7 Å². The molecule has 1 aliphatic rings. The molecule has 1 heterocycles. The molecule has 0 fully saturated rings. The maximum atomic E-state index is 12.6. The molecule has 0 aliphatic carbocycles. The van der Waals surface area contributed by atoms with Gasteiger partial charge < -0.3 is 23.7 Å². The van der Waals surface area contributed by atoms with Crippen LogP contribution in [0, 0.1) is 5.92 Å². The van der Waals surface area contributed by atoms with Crippen LogP contribution >= 0.6 is 0 Å². The third-order valence-electron chi connectivity index (χ3n) is 4.76. The van der Waals surface area contributed by atoms with E-state index in [0.29, 0.717) is 60.0 Å². The van der Waals surface area contributed by atoms with Gasteiger partial charge in [0.05, 0.1) is 20.8 Å². The van der Waals surface area contributed by atoms with Gasteiger partial charge in [-0.1, -0.05) is 13.8 Å². The molecule has 9 nitrogen and oxygen atoms in total. The van der Waals surface area contributed by atoms with Crippen molar-refractivity contribution in [3.05, 3.63) is 41.5 Å².